The van der Waals surface area contributed by atoms with Gasteiger partial charge in [0, 0.05) is 6.07 Å². The van der Waals surface area contributed by atoms with E-state index >= 15 is 0 Å². The Morgan fingerprint density at radius 3 is 2.78 bits per heavy atom. The first-order chi connectivity index (χ1) is 8.67. The van der Waals surface area contributed by atoms with Gasteiger partial charge in [-0.15, -0.1) is 5.10 Å². The van der Waals surface area contributed by atoms with Crippen molar-refractivity contribution in [3.63, 3.8) is 0 Å². The molecule has 0 aliphatic rings. The quantitative estimate of drug-likeness (QED) is 0.900. The minimum Gasteiger partial charge on any atom is -0.491 e. The van der Waals surface area contributed by atoms with Crippen LogP contribution in [0.25, 0.3) is 5.69 Å². The zero-order chi connectivity index (χ0) is 13.1. The lowest BCUT2D eigenvalue weighted by atomic mass is 10.2. The molecule has 1 aromatic carbocycles. The molecule has 1 heterocycles. The summed E-state index contributed by atoms with van der Waals surface area (Å²) < 4.78 is 20.4. The monoisotopic (exact) mass is 250 g/mol. The second-order valence-corrected chi connectivity index (χ2v) is 3.73. The average molecular weight is 250 g/mol. The van der Waals surface area contributed by atoms with E-state index in [4.69, 9.17) is 10.5 Å². The molecular weight excluding hydrogens is 235 g/mol. The third-order valence-electron chi connectivity index (χ3n) is 2.59. The van der Waals surface area contributed by atoms with Gasteiger partial charge in [-0.1, -0.05) is 12.1 Å². The zero-order valence-corrected chi connectivity index (χ0v) is 10.4. The van der Waals surface area contributed by atoms with Gasteiger partial charge in [-0.05, 0) is 25.5 Å². The topological polar surface area (TPSA) is 66.0 Å². The van der Waals surface area contributed by atoms with Crippen LogP contribution in [0.15, 0.2) is 18.2 Å². The van der Waals surface area contributed by atoms with E-state index in [9.17, 15) is 4.39 Å². The maximum atomic E-state index is 13.7. The molecule has 6 heteroatoms. The van der Waals surface area contributed by atoms with Crippen molar-refractivity contribution in [2.24, 2.45) is 0 Å². The predicted octanol–water partition coefficient (Wildman–Crippen LogP) is 1.95. The van der Waals surface area contributed by atoms with Crippen LogP contribution in [0.4, 0.5) is 10.2 Å². The summed E-state index contributed by atoms with van der Waals surface area (Å²) in [5.74, 6) is 0.171. The summed E-state index contributed by atoms with van der Waals surface area (Å²) in [5, 5.41) is 7.70. The molecule has 0 aliphatic carbocycles. The Labute approximate surface area is 104 Å². The molecule has 0 fully saturated rings. The maximum Gasteiger partial charge on any atom is 0.169 e. The molecule has 2 aromatic rings. The van der Waals surface area contributed by atoms with Crippen LogP contribution >= 0.6 is 0 Å². The molecule has 0 aliphatic heterocycles. The van der Waals surface area contributed by atoms with Gasteiger partial charge in [0.05, 0.1) is 18.0 Å². The number of rotatable bonds is 4. The molecule has 96 valence electrons. The second-order valence-electron chi connectivity index (χ2n) is 3.73. The summed E-state index contributed by atoms with van der Waals surface area (Å²) in [5.41, 5.74) is 7.04. The SMILES string of the molecule is CCOc1ccc(-n2nnc(N)c2CC)cc1F. The Hall–Kier alpha value is -2.11. The molecule has 0 radical (unpaired) electrons. The Morgan fingerprint density at radius 1 is 1.39 bits per heavy atom. The molecule has 2 rings (SSSR count). The average Bonchev–Trinajstić information content (AvgIpc) is 2.73. The first kappa shape index (κ1) is 12.3. The molecule has 1 aromatic heterocycles. The zero-order valence-electron chi connectivity index (χ0n) is 10.4. The van der Waals surface area contributed by atoms with Crippen molar-refractivity contribution < 1.29 is 9.13 Å². The number of aromatic nitrogens is 3. The molecule has 0 saturated carbocycles. The molecule has 18 heavy (non-hydrogen) atoms. The number of hydrogen-bond acceptors (Lipinski definition) is 4. The Balaban J connectivity index is 2.42. The Morgan fingerprint density at radius 2 is 2.17 bits per heavy atom. The second kappa shape index (κ2) is 5.03. The summed E-state index contributed by atoms with van der Waals surface area (Å²) in [6, 6.07) is 4.66. The molecule has 0 atom stereocenters. The van der Waals surface area contributed by atoms with Crippen molar-refractivity contribution in [1.29, 1.82) is 0 Å². The first-order valence-electron chi connectivity index (χ1n) is 5.80. The standard InChI is InChI=1S/C12H15FN4O/c1-3-10-12(14)15-16-17(10)8-5-6-11(18-4-2)9(13)7-8/h5-7H,3-4,14H2,1-2H3. The normalized spacial score (nSPS) is 10.6. The lowest BCUT2D eigenvalue weighted by molar-refractivity contribution is 0.321. The van der Waals surface area contributed by atoms with Crippen molar-refractivity contribution in [1.82, 2.24) is 15.0 Å². The van der Waals surface area contributed by atoms with Gasteiger partial charge in [0.1, 0.15) is 0 Å². The van der Waals surface area contributed by atoms with Gasteiger partial charge in [0.2, 0.25) is 0 Å². The van der Waals surface area contributed by atoms with Gasteiger partial charge in [-0.3, -0.25) is 0 Å². The Kier molecular flexibility index (Phi) is 3.45. The molecule has 5 nitrogen and oxygen atoms in total. The smallest absolute Gasteiger partial charge is 0.169 e. The van der Waals surface area contributed by atoms with Crippen LogP contribution in [-0.2, 0) is 6.42 Å². The van der Waals surface area contributed by atoms with Crippen molar-refractivity contribution in [3.05, 3.63) is 29.7 Å². The summed E-state index contributed by atoms with van der Waals surface area (Å²) in [6.07, 6.45) is 0.674. The van der Waals surface area contributed by atoms with Gasteiger partial charge >= 0.3 is 0 Å². The van der Waals surface area contributed by atoms with Crippen LogP contribution < -0.4 is 10.5 Å². The van der Waals surface area contributed by atoms with Crippen LogP contribution in [-0.4, -0.2) is 21.6 Å². The maximum absolute atomic E-state index is 13.7. The molecule has 0 spiro atoms. The number of nitrogens with zero attached hydrogens (tertiary/aromatic N) is 3. The third-order valence-corrected chi connectivity index (χ3v) is 2.59. The molecule has 0 bridgehead atoms. The molecule has 2 N–H and O–H groups in total. The summed E-state index contributed by atoms with van der Waals surface area (Å²) in [4.78, 5) is 0. The minimum atomic E-state index is -0.425. The van der Waals surface area contributed by atoms with Crippen molar-refractivity contribution in [3.8, 4) is 11.4 Å². The van der Waals surface area contributed by atoms with E-state index in [2.05, 4.69) is 10.3 Å². The summed E-state index contributed by atoms with van der Waals surface area (Å²) >= 11 is 0. The summed E-state index contributed by atoms with van der Waals surface area (Å²) in [6.45, 7) is 4.17. The number of halogens is 1. The van der Waals surface area contributed by atoms with Crippen LogP contribution in [0.2, 0.25) is 0 Å². The van der Waals surface area contributed by atoms with Crippen molar-refractivity contribution in [2.75, 3.05) is 12.3 Å². The van der Waals surface area contributed by atoms with E-state index in [1.165, 1.54) is 10.7 Å². The fraction of sp³-hybridized carbons (Fsp3) is 0.333. The highest BCUT2D eigenvalue weighted by molar-refractivity contribution is 5.43. The number of anilines is 1. The highest BCUT2D eigenvalue weighted by Gasteiger charge is 2.12. The number of ether oxygens (including phenoxy) is 1. The largest absolute Gasteiger partial charge is 0.491 e. The van der Waals surface area contributed by atoms with Crippen molar-refractivity contribution in [2.45, 2.75) is 20.3 Å². The fourth-order valence-corrected chi connectivity index (χ4v) is 1.75. The van der Waals surface area contributed by atoms with E-state index in [-0.39, 0.29) is 5.75 Å². The van der Waals surface area contributed by atoms with Gasteiger partial charge < -0.3 is 10.5 Å². The number of nitrogens with two attached hydrogens (primary N) is 1. The van der Waals surface area contributed by atoms with Crippen LogP contribution in [0.1, 0.15) is 19.5 Å². The van der Waals surface area contributed by atoms with Gasteiger partial charge in [0.25, 0.3) is 0 Å². The van der Waals surface area contributed by atoms with Gasteiger partial charge in [0.15, 0.2) is 17.4 Å². The van der Waals surface area contributed by atoms with Gasteiger partial charge in [-0.2, -0.15) is 0 Å². The number of nitrogen functional groups attached to an aromatic ring is 1. The summed E-state index contributed by atoms with van der Waals surface area (Å²) in [7, 11) is 0. The molecule has 0 amide bonds. The minimum absolute atomic E-state index is 0.229. The van der Waals surface area contributed by atoms with Crippen LogP contribution in [0.3, 0.4) is 0 Å². The lowest BCUT2D eigenvalue weighted by Crippen LogP contribution is -2.04. The van der Waals surface area contributed by atoms with Crippen molar-refractivity contribution >= 4 is 5.82 Å². The predicted molar refractivity (Wildman–Crippen MR) is 66.3 cm³/mol. The highest BCUT2D eigenvalue weighted by Crippen LogP contribution is 2.22. The van der Waals surface area contributed by atoms with E-state index < -0.39 is 5.82 Å². The van der Waals surface area contributed by atoms with E-state index in [0.29, 0.717) is 24.5 Å². The fourth-order valence-electron chi connectivity index (χ4n) is 1.75. The molecule has 0 saturated heterocycles. The third kappa shape index (κ3) is 2.13. The van der Waals surface area contributed by atoms with Crippen LogP contribution in [0.5, 0.6) is 5.75 Å². The number of benzene rings is 1. The van der Waals surface area contributed by atoms with E-state index in [1.807, 2.05) is 6.92 Å². The highest BCUT2D eigenvalue weighted by atomic mass is 19.1. The molecular formula is C12H15FN4O. The van der Waals surface area contributed by atoms with E-state index in [0.717, 1.165) is 5.69 Å². The van der Waals surface area contributed by atoms with Gasteiger partial charge in [-0.25, -0.2) is 9.07 Å². The molecule has 0 unspecified atom stereocenters. The lowest BCUT2D eigenvalue weighted by Gasteiger charge is -2.08. The van der Waals surface area contributed by atoms with E-state index in [1.54, 1.807) is 19.1 Å². The Bertz CT molecular complexity index is 553. The van der Waals surface area contributed by atoms with Crippen LogP contribution in [0, 0.1) is 5.82 Å². The number of hydrogen-bond donors (Lipinski definition) is 1. The first-order valence-corrected chi connectivity index (χ1v) is 5.80.